The topological polar surface area (TPSA) is 70.7 Å². The van der Waals surface area contributed by atoms with Gasteiger partial charge in [-0.3, -0.25) is 9.59 Å². The third kappa shape index (κ3) is 5.46. The van der Waals surface area contributed by atoms with Gasteiger partial charge in [-0.15, -0.1) is 0 Å². The Labute approximate surface area is 108 Å². The summed E-state index contributed by atoms with van der Waals surface area (Å²) in [4.78, 5) is 24.2. The Bertz CT molecular complexity index is 278. The van der Waals surface area contributed by atoms with Crippen LogP contribution in [0.4, 0.5) is 0 Å². The molecule has 0 atom stereocenters. The van der Waals surface area contributed by atoms with Crippen LogP contribution in [0.1, 0.15) is 19.3 Å². The van der Waals surface area contributed by atoms with E-state index in [-0.39, 0.29) is 24.5 Å². The summed E-state index contributed by atoms with van der Waals surface area (Å²) in [7, 11) is 3.18. The number of carbonyl (C=O) groups is 2. The van der Waals surface area contributed by atoms with Crippen molar-refractivity contribution in [2.75, 3.05) is 40.3 Å². The maximum absolute atomic E-state index is 11.7. The zero-order valence-electron chi connectivity index (χ0n) is 11.2. The van der Waals surface area contributed by atoms with E-state index in [1.807, 2.05) is 0 Å². The lowest BCUT2D eigenvalue weighted by Gasteiger charge is -2.23. The lowest BCUT2D eigenvalue weighted by molar-refractivity contribution is -0.135. The van der Waals surface area contributed by atoms with Crippen LogP contribution in [0.15, 0.2) is 0 Å². The molecule has 0 radical (unpaired) electrons. The molecule has 1 aliphatic rings. The molecule has 6 heteroatoms. The number of hydrogen-bond donors (Lipinski definition) is 2. The maximum atomic E-state index is 11.7. The zero-order valence-corrected chi connectivity index (χ0v) is 11.2. The number of carbonyl (C=O) groups excluding carboxylic acids is 2. The highest BCUT2D eigenvalue weighted by atomic mass is 16.5. The minimum absolute atomic E-state index is 0.0625. The molecule has 104 valence electrons. The summed E-state index contributed by atoms with van der Waals surface area (Å²) in [5.74, 6) is -0.224. The Kier molecular flexibility index (Phi) is 6.67. The van der Waals surface area contributed by atoms with Crippen molar-refractivity contribution in [1.82, 2.24) is 15.5 Å². The molecule has 1 heterocycles. The Hall–Kier alpha value is -1.14. The van der Waals surface area contributed by atoms with Gasteiger partial charge in [0.1, 0.15) is 0 Å². The molecule has 1 fully saturated rings. The highest BCUT2D eigenvalue weighted by molar-refractivity contribution is 5.84. The van der Waals surface area contributed by atoms with Crippen molar-refractivity contribution in [3.63, 3.8) is 0 Å². The molecule has 6 nitrogen and oxygen atoms in total. The highest BCUT2D eigenvalue weighted by Crippen LogP contribution is 2.07. The van der Waals surface area contributed by atoms with Gasteiger partial charge >= 0.3 is 0 Å². The second-order valence-electron chi connectivity index (χ2n) is 4.49. The smallest absolute Gasteiger partial charge is 0.239 e. The van der Waals surface area contributed by atoms with Crippen LogP contribution in [-0.4, -0.2) is 63.2 Å². The average Bonchev–Trinajstić information content (AvgIpc) is 2.39. The zero-order chi connectivity index (χ0) is 13.4. The maximum Gasteiger partial charge on any atom is 0.239 e. The molecular formula is C12H23N3O3. The minimum atomic E-state index is -0.162. The van der Waals surface area contributed by atoms with E-state index in [1.165, 1.54) is 4.90 Å². The molecule has 1 rings (SSSR count). The highest BCUT2D eigenvalue weighted by Gasteiger charge is 2.15. The molecule has 0 saturated carbocycles. The van der Waals surface area contributed by atoms with Crippen LogP contribution in [0, 0.1) is 0 Å². The van der Waals surface area contributed by atoms with Gasteiger partial charge in [0.15, 0.2) is 0 Å². The third-order valence-corrected chi connectivity index (χ3v) is 3.04. The van der Waals surface area contributed by atoms with Gasteiger partial charge in [0.2, 0.25) is 11.8 Å². The molecule has 2 amide bonds. The first kappa shape index (κ1) is 14.9. The van der Waals surface area contributed by atoms with Crippen molar-refractivity contribution in [3.8, 4) is 0 Å². The minimum Gasteiger partial charge on any atom is -0.378 e. The summed E-state index contributed by atoms with van der Waals surface area (Å²) in [6, 6.07) is 0. The van der Waals surface area contributed by atoms with E-state index in [2.05, 4.69) is 10.6 Å². The van der Waals surface area contributed by atoms with Crippen molar-refractivity contribution in [1.29, 1.82) is 0 Å². The summed E-state index contributed by atoms with van der Waals surface area (Å²) in [6.45, 7) is 2.49. The van der Waals surface area contributed by atoms with E-state index in [0.717, 1.165) is 25.9 Å². The summed E-state index contributed by atoms with van der Waals surface area (Å²) < 4.78 is 5.65. The Morgan fingerprint density at radius 2 is 2.06 bits per heavy atom. The number of rotatable bonds is 6. The van der Waals surface area contributed by atoms with Crippen molar-refractivity contribution in [2.24, 2.45) is 0 Å². The van der Waals surface area contributed by atoms with Crippen LogP contribution >= 0.6 is 0 Å². The number of piperidine rings is 1. The predicted octanol–water partition coefficient (Wildman–Crippen LogP) is -0.650. The molecule has 0 aliphatic carbocycles. The third-order valence-electron chi connectivity index (χ3n) is 3.04. The summed E-state index contributed by atoms with van der Waals surface area (Å²) in [6.07, 6.45) is 2.60. The molecule has 0 aromatic carbocycles. The molecule has 0 aromatic rings. The second kappa shape index (κ2) is 8.05. The van der Waals surface area contributed by atoms with Gasteiger partial charge in [-0.2, -0.15) is 0 Å². The first-order valence-corrected chi connectivity index (χ1v) is 6.40. The molecule has 0 bridgehead atoms. The van der Waals surface area contributed by atoms with Crippen molar-refractivity contribution in [3.05, 3.63) is 0 Å². The van der Waals surface area contributed by atoms with Gasteiger partial charge in [0, 0.05) is 14.1 Å². The monoisotopic (exact) mass is 257 g/mol. The molecule has 1 aliphatic heterocycles. The number of hydrogen-bond acceptors (Lipinski definition) is 4. The van der Waals surface area contributed by atoms with Crippen molar-refractivity contribution >= 4 is 11.8 Å². The standard InChI is InChI=1S/C12H23N3O3/c1-13-11(16)9-15(2)12(17)5-8-18-10-3-6-14-7-4-10/h10,14H,3-9H2,1-2H3,(H,13,16). The second-order valence-corrected chi connectivity index (χ2v) is 4.49. The fourth-order valence-corrected chi connectivity index (χ4v) is 1.85. The number of amides is 2. The molecule has 0 aromatic heterocycles. The van der Waals surface area contributed by atoms with Gasteiger partial charge in [-0.25, -0.2) is 0 Å². The largest absolute Gasteiger partial charge is 0.378 e. The first-order chi connectivity index (χ1) is 8.63. The molecule has 2 N–H and O–H groups in total. The fourth-order valence-electron chi connectivity index (χ4n) is 1.85. The average molecular weight is 257 g/mol. The Morgan fingerprint density at radius 3 is 2.67 bits per heavy atom. The lowest BCUT2D eigenvalue weighted by Crippen LogP contribution is -2.37. The predicted molar refractivity (Wildman–Crippen MR) is 68.2 cm³/mol. The van der Waals surface area contributed by atoms with Crippen LogP contribution in [0.2, 0.25) is 0 Å². The molecular weight excluding hydrogens is 234 g/mol. The normalized spacial score (nSPS) is 16.3. The summed E-state index contributed by atoms with van der Waals surface area (Å²) in [5.41, 5.74) is 0. The van der Waals surface area contributed by atoms with Gasteiger partial charge in [0.25, 0.3) is 0 Å². The number of nitrogens with one attached hydrogen (secondary N) is 2. The van der Waals surface area contributed by atoms with E-state index in [1.54, 1.807) is 14.1 Å². The van der Waals surface area contributed by atoms with Crippen LogP contribution < -0.4 is 10.6 Å². The molecule has 0 unspecified atom stereocenters. The molecule has 18 heavy (non-hydrogen) atoms. The number of ether oxygens (including phenoxy) is 1. The Morgan fingerprint density at radius 1 is 1.39 bits per heavy atom. The van der Waals surface area contributed by atoms with E-state index in [4.69, 9.17) is 4.74 Å². The Balaban J connectivity index is 2.13. The molecule has 1 saturated heterocycles. The number of nitrogens with zero attached hydrogens (tertiary/aromatic N) is 1. The van der Waals surface area contributed by atoms with E-state index in [9.17, 15) is 9.59 Å². The van der Waals surface area contributed by atoms with Gasteiger partial charge < -0.3 is 20.3 Å². The fraction of sp³-hybridized carbons (Fsp3) is 0.833. The van der Waals surface area contributed by atoms with E-state index < -0.39 is 0 Å². The van der Waals surface area contributed by atoms with E-state index in [0.29, 0.717) is 13.0 Å². The van der Waals surface area contributed by atoms with Crippen LogP contribution in [0.3, 0.4) is 0 Å². The first-order valence-electron chi connectivity index (χ1n) is 6.40. The van der Waals surface area contributed by atoms with Crippen LogP contribution in [0.5, 0.6) is 0 Å². The quantitative estimate of drug-likeness (QED) is 0.663. The van der Waals surface area contributed by atoms with Gasteiger partial charge in [-0.05, 0) is 25.9 Å². The lowest BCUT2D eigenvalue weighted by atomic mass is 10.1. The number of likely N-dealkylation sites (N-methyl/N-ethyl adjacent to an activating group) is 2. The molecule has 0 spiro atoms. The van der Waals surface area contributed by atoms with Gasteiger partial charge in [0.05, 0.1) is 25.7 Å². The van der Waals surface area contributed by atoms with Crippen LogP contribution in [0.25, 0.3) is 0 Å². The van der Waals surface area contributed by atoms with Crippen molar-refractivity contribution < 1.29 is 14.3 Å². The van der Waals surface area contributed by atoms with Crippen molar-refractivity contribution in [2.45, 2.75) is 25.4 Å². The van der Waals surface area contributed by atoms with Gasteiger partial charge in [-0.1, -0.05) is 0 Å². The summed E-state index contributed by atoms with van der Waals surface area (Å²) in [5, 5.41) is 5.75. The van der Waals surface area contributed by atoms with Crippen LogP contribution in [-0.2, 0) is 14.3 Å². The SMILES string of the molecule is CNC(=O)CN(C)C(=O)CCOC1CCNCC1. The summed E-state index contributed by atoms with van der Waals surface area (Å²) >= 11 is 0. The van der Waals surface area contributed by atoms with E-state index >= 15 is 0 Å².